The summed E-state index contributed by atoms with van der Waals surface area (Å²) < 4.78 is 10.9. The lowest BCUT2D eigenvalue weighted by molar-refractivity contribution is 0.0956. The summed E-state index contributed by atoms with van der Waals surface area (Å²) in [5, 5.41) is 6.22. The van der Waals surface area contributed by atoms with Crippen molar-refractivity contribution in [2.45, 2.75) is 33.4 Å². The molecule has 0 radical (unpaired) electrons. The van der Waals surface area contributed by atoms with Crippen molar-refractivity contribution >= 4 is 11.9 Å². The van der Waals surface area contributed by atoms with Crippen LogP contribution in [0.25, 0.3) is 0 Å². The number of hydrogen-bond acceptors (Lipinski definition) is 4. The second kappa shape index (κ2) is 10.7. The van der Waals surface area contributed by atoms with Crippen LogP contribution in [0.5, 0.6) is 11.5 Å². The van der Waals surface area contributed by atoms with E-state index in [0.717, 1.165) is 49.1 Å². The third-order valence-corrected chi connectivity index (χ3v) is 5.32. The van der Waals surface area contributed by atoms with E-state index in [1.807, 2.05) is 31.2 Å². The Balaban J connectivity index is 1.73. The lowest BCUT2D eigenvalue weighted by Crippen LogP contribution is -2.44. The molecule has 7 heteroatoms. The molecule has 0 aliphatic carbocycles. The van der Waals surface area contributed by atoms with Gasteiger partial charge in [-0.2, -0.15) is 0 Å². The quantitative estimate of drug-likeness (QED) is 0.528. The Bertz CT molecular complexity index is 925. The van der Waals surface area contributed by atoms with Crippen molar-refractivity contribution in [3.63, 3.8) is 0 Å². The van der Waals surface area contributed by atoms with Crippen LogP contribution in [-0.4, -0.2) is 50.6 Å². The summed E-state index contributed by atoms with van der Waals surface area (Å²) >= 11 is 0. The third-order valence-electron chi connectivity index (χ3n) is 5.32. The van der Waals surface area contributed by atoms with Crippen LogP contribution < -0.4 is 20.1 Å². The molecule has 1 heterocycles. The normalized spacial score (nSPS) is 13.4. The molecule has 31 heavy (non-hydrogen) atoms. The fourth-order valence-corrected chi connectivity index (χ4v) is 3.68. The van der Waals surface area contributed by atoms with E-state index in [1.165, 1.54) is 11.1 Å². The van der Waals surface area contributed by atoms with E-state index in [4.69, 9.17) is 14.5 Å². The van der Waals surface area contributed by atoms with Gasteiger partial charge in [0.1, 0.15) is 0 Å². The van der Waals surface area contributed by atoms with Crippen molar-refractivity contribution < 1.29 is 14.3 Å². The van der Waals surface area contributed by atoms with E-state index in [2.05, 4.69) is 34.6 Å². The number of amides is 1. The SMILES string of the molecule is CCNC(=O)c1ccc(CN=C(NCC)N2CCc3cc(OC)c(OC)cc3C2)cc1. The first-order valence-corrected chi connectivity index (χ1v) is 10.7. The summed E-state index contributed by atoms with van der Waals surface area (Å²) in [5.74, 6) is 2.35. The van der Waals surface area contributed by atoms with E-state index in [1.54, 1.807) is 14.2 Å². The Kier molecular flexibility index (Phi) is 7.76. The molecule has 2 aromatic carbocycles. The Morgan fingerprint density at radius 3 is 2.26 bits per heavy atom. The molecule has 3 rings (SSSR count). The van der Waals surface area contributed by atoms with Gasteiger partial charge in [-0.1, -0.05) is 12.1 Å². The zero-order chi connectivity index (χ0) is 22.2. The molecule has 0 atom stereocenters. The van der Waals surface area contributed by atoms with Crippen LogP contribution in [-0.2, 0) is 19.5 Å². The summed E-state index contributed by atoms with van der Waals surface area (Å²) in [6.45, 7) is 7.59. The van der Waals surface area contributed by atoms with Crippen molar-refractivity contribution in [1.29, 1.82) is 0 Å². The van der Waals surface area contributed by atoms with E-state index in [9.17, 15) is 4.79 Å². The zero-order valence-corrected chi connectivity index (χ0v) is 18.8. The molecule has 2 N–H and O–H groups in total. The van der Waals surface area contributed by atoms with Crippen LogP contribution >= 0.6 is 0 Å². The molecular weight excluding hydrogens is 392 g/mol. The third kappa shape index (κ3) is 5.48. The average Bonchev–Trinajstić information content (AvgIpc) is 2.80. The summed E-state index contributed by atoms with van der Waals surface area (Å²) in [5.41, 5.74) is 4.23. The van der Waals surface area contributed by atoms with Gasteiger partial charge >= 0.3 is 0 Å². The second-order valence-corrected chi connectivity index (χ2v) is 7.37. The maximum Gasteiger partial charge on any atom is 0.251 e. The fraction of sp³-hybridized carbons (Fsp3) is 0.417. The smallest absolute Gasteiger partial charge is 0.251 e. The van der Waals surface area contributed by atoms with Gasteiger partial charge in [0.25, 0.3) is 5.91 Å². The molecular formula is C24H32N4O3. The van der Waals surface area contributed by atoms with E-state index >= 15 is 0 Å². The van der Waals surface area contributed by atoms with Crippen LogP contribution in [0, 0.1) is 0 Å². The minimum Gasteiger partial charge on any atom is -0.493 e. The first-order chi connectivity index (χ1) is 15.1. The van der Waals surface area contributed by atoms with Crippen molar-refractivity contribution in [3.05, 3.63) is 58.7 Å². The molecule has 166 valence electrons. The summed E-state index contributed by atoms with van der Waals surface area (Å²) in [7, 11) is 3.32. The van der Waals surface area contributed by atoms with Gasteiger partial charge in [-0.25, -0.2) is 4.99 Å². The number of ether oxygens (including phenoxy) is 2. The molecule has 1 aliphatic rings. The number of aliphatic imine (C=N–C) groups is 1. The number of methoxy groups -OCH3 is 2. The molecule has 0 fully saturated rings. The molecule has 0 saturated heterocycles. The van der Waals surface area contributed by atoms with Crippen molar-refractivity contribution in [3.8, 4) is 11.5 Å². The summed E-state index contributed by atoms with van der Waals surface area (Å²) in [6.07, 6.45) is 0.918. The largest absolute Gasteiger partial charge is 0.493 e. The monoisotopic (exact) mass is 424 g/mol. The number of nitrogens with one attached hydrogen (secondary N) is 2. The van der Waals surface area contributed by atoms with E-state index in [0.29, 0.717) is 18.7 Å². The predicted octanol–water partition coefficient (Wildman–Crippen LogP) is 2.98. The molecule has 7 nitrogen and oxygen atoms in total. The number of hydrogen-bond donors (Lipinski definition) is 2. The van der Waals surface area contributed by atoms with E-state index < -0.39 is 0 Å². The number of carbonyl (C=O) groups excluding carboxylic acids is 1. The molecule has 2 aromatic rings. The zero-order valence-electron chi connectivity index (χ0n) is 18.8. The van der Waals surface area contributed by atoms with Gasteiger partial charge in [-0.05, 0) is 61.2 Å². The van der Waals surface area contributed by atoms with Crippen molar-refractivity contribution in [1.82, 2.24) is 15.5 Å². The predicted molar refractivity (Wildman–Crippen MR) is 123 cm³/mol. The number of benzene rings is 2. The number of carbonyl (C=O) groups is 1. The average molecular weight is 425 g/mol. The fourth-order valence-electron chi connectivity index (χ4n) is 3.68. The van der Waals surface area contributed by atoms with Gasteiger partial charge in [0, 0.05) is 31.7 Å². The molecule has 1 amide bonds. The van der Waals surface area contributed by atoms with Gasteiger partial charge < -0.3 is 25.0 Å². The lowest BCUT2D eigenvalue weighted by Gasteiger charge is -2.32. The number of fused-ring (bicyclic) bond motifs is 1. The first kappa shape index (κ1) is 22.5. The Hall–Kier alpha value is -3.22. The van der Waals surface area contributed by atoms with E-state index in [-0.39, 0.29) is 5.91 Å². The second-order valence-electron chi connectivity index (χ2n) is 7.37. The number of guanidine groups is 1. The van der Waals surface area contributed by atoms with Crippen molar-refractivity contribution in [2.24, 2.45) is 4.99 Å². The minimum absolute atomic E-state index is 0.0510. The maximum absolute atomic E-state index is 11.9. The number of rotatable bonds is 7. The van der Waals surface area contributed by atoms with Crippen LogP contribution in [0.15, 0.2) is 41.4 Å². The minimum atomic E-state index is -0.0510. The lowest BCUT2D eigenvalue weighted by atomic mass is 9.99. The summed E-state index contributed by atoms with van der Waals surface area (Å²) in [6, 6.07) is 11.7. The molecule has 0 unspecified atom stereocenters. The highest BCUT2D eigenvalue weighted by atomic mass is 16.5. The van der Waals surface area contributed by atoms with Crippen molar-refractivity contribution in [2.75, 3.05) is 33.9 Å². The standard InChI is InChI=1S/C24H32N4O3/c1-5-25-23(29)18-9-7-17(8-10-18)15-27-24(26-6-2)28-12-11-19-13-21(30-3)22(31-4)14-20(19)16-28/h7-10,13-14H,5-6,11-12,15-16H2,1-4H3,(H,25,29)(H,26,27). The molecule has 0 saturated carbocycles. The first-order valence-electron chi connectivity index (χ1n) is 10.7. The van der Waals surface area contributed by atoms with Gasteiger partial charge in [0.15, 0.2) is 17.5 Å². The Morgan fingerprint density at radius 1 is 1.00 bits per heavy atom. The highest BCUT2D eigenvalue weighted by Crippen LogP contribution is 2.33. The Labute approximate surface area is 184 Å². The van der Waals surface area contributed by atoms with Gasteiger partial charge in [-0.15, -0.1) is 0 Å². The highest BCUT2D eigenvalue weighted by molar-refractivity contribution is 5.94. The molecule has 0 aromatic heterocycles. The van der Waals surface area contributed by atoms with Crippen LogP contribution in [0.4, 0.5) is 0 Å². The molecule has 1 aliphatic heterocycles. The van der Waals surface area contributed by atoms with Crippen LogP contribution in [0.1, 0.15) is 40.9 Å². The van der Waals surface area contributed by atoms with Crippen LogP contribution in [0.2, 0.25) is 0 Å². The van der Waals surface area contributed by atoms with Crippen LogP contribution in [0.3, 0.4) is 0 Å². The summed E-state index contributed by atoms with van der Waals surface area (Å²) in [4.78, 5) is 19.0. The maximum atomic E-state index is 11.9. The van der Waals surface area contributed by atoms with Gasteiger partial charge in [0.2, 0.25) is 0 Å². The molecule has 0 bridgehead atoms. The van der Waals surface area contributed by atoms with Gasteiger partial charge in [-0.3, -0.25) is 4.79 Å². The number of nitrogens with zero attached hydrogens (tertiary/aromatic N) is 2. The molecule has 0 spiro atoms. The topological polar surface area (TPSA) is 75.2 Å². The highest BCUT2D eigenvalue weighted by Gasteiger charge is 2.21. The Morgan fingerprint density at radius 2 is 1.65 bits per heavy atom. The van der Waals surface area contributed by atoms with Gasteiger partial charge in [0.05, 0.1) is 20.8 Å².